The van der Waals surface area contributed by atoms with E-state index in [2.05, 4.69) is 41.5 Å². The van der Waals surface area contributed by atoms with Crippen molar-refractivity contribution < 1.29 is 0 Å². The molecule has 0 aromatic heterocycles. The third-order valence-corrected chi connectivity index (χ3v) is 16.9. The van der Waals surface area contributed by atoms with Gasteiger partial charge in [-0.25, -0.2) is 0 Å². The Morgan fingerprint density at radius 3 is 1.00 bits per heavy atom. The maximum absolute atomic E-state index is 2.33. The Morgan fingerprint density at radius 1 is 0.550 bits per heavy atom. The van der Waals surface area contributed by atoms with Crippen molar-refractivity contribution in [1.29, 1.82) is 0 Å². The van der Waals surface area contributed by atoms with Gasteiger partial charge in [0.2, 0.25) is 0 Å². The van der Waals surface area contributed by atoms with Crippen LogP contribution in [0, 0.1) is 0 Å². The first kappa shape index (κ1) is 23.6. The van der Waals surface area contributed by atoms with E-state index < -0.39 is 19.8 Å². The minimum Gasteiger partial charge on any atom is -0.0967 e. The summed E-state index contributed by atoms with van der Waals surface area (Å²) in [5.74, 6) is 0. The van der Waals surface area contributed by atoms with Gasteiger partial charge in [0.25, 0.3) is 14.1 Å². The van der Waals surface area contributed by atoms with Crippen LogP contribution in [0.15, 0.2) is 0 Å². The average Bonchev–Trinajstić information content (AvgIpc) is 2.49. The molecule has 0 aromatic rings. The molecule has 0 unspecified atom stereocenters. The van der Waals surface area contributed by atoms with E-state index >= 15 is 0 Å². The van der Waals surface area contributed by atoms with Crippen LogP contribution in [0.4, 0.5) is 0 Å². The van der Waals surface area contributed by atoms with Crippen molar-refractivity contribution in [3.05, 3.63) is 0 Å². The Balaban J connectivity index is 0. The molecule has 0 aliphatic rings. The number of hydrogen-bond donors (Lipinski definition) is 0. The molecule has 0 fully saturated rings. The second-order valence-electron chi connectivity index (χ2n) is 6.15. The zero-order valence-corrected chi connectivity index (χ0v) is 19.6. The SMILES string of the molecule is CCC[CH2][Sn]([CH2]CCC)[CH2]CCC.C[CH2][Al]([CH2]C)[CH2]C. The van der Waals surface area contributed by atoms with Crippen LogP contribution in [0.25, 0.3) is 0 Å². The first-order chi connectivity index (χ1) is 9.69. The van der Waals surface area contributed by atoms with E-state index in [0.29, 0.717) is 0 Å². The quantitative estimate of drug-likeness (QED) is 0.297. The fraction of sp³-hybridized carbons (Fsp3) is 1.00. The second kappa shape index (κ2) is 20.3. The van der Waals surface area contributed by atoms with Gasteiger partial charge in [-0.3, -0.25) is 0 Å². The normalized spacial score (nSPS) is 10.3. The molecule has 0 N–H and O–H groups in total. The Morgan fingerprint density at radius 2 is 0.850 bits per heavy atom. The largest absolute Gasteiger partial charge is 0.261 e. The van der Waals surface area contributed by atoms with Crippen LogP contribution in [-0.2, 0) is 0 Å². The molecule has 0 spiro atoms. The molecule has 0 amide bonds. The zero-order chi connectivity index (χ0) is 15.6. The van der Waals surface area contributed by atoms with E-state index in [0.717, 1.165) is 0 Å². The van der Waals surface area contributed by atoms with E-state index in [-0.39, 0.29) is 14.1 Å². The average molecular weight is 404 g/mol. The Bertz CT molecular complexity index is 133. The molecular formula is C18H42AlSn. The van der Waals surface area contributed by atoms with Crippen LogP contribution in [0.1, 0.15) is 80.1 Å². The van der Waals surface area contributed by atoms with Crippen molar-refractivity contribution in [2.45, 2.75) is 109 Å². The Labute approximate surface area is 142 Å². The van der Waals surface area contributed by atoms with Crippen molar-refractivity contribution in [2.75, 3.05) is 0 Å². The molecule has 0 aliphatic heterocycles. The van der Waals surface area contributed by atoms with Crippen LogP contribution >= 0.6 is 0 Å². The Kier molecular flexibility index (Phi) is 24.0. The van der Waals surface area contributed by atoms with Gasteiger partial charge in [-0.2, -0.15) is 0 Å². The van der Waals surface area contributed by atoms with Crippen LogP contribution in [-0.4, -0.2) is 33.9 Å². The van der Waals surface area contributed by atoms with Gasteiger partial charge in [0.05, 0.1) is 0 Å². The topological polar surface area (TPSA) is 0 Å². The molecule has 0 atom stereocenters. The second-order valence-corrected chi connectivity index (χ2v) is 18.9. The van der Waals surface area contributed by atoms with Gasteiger partial charge in [-0.05, 0) is 0 Å². The summed E-state index contributed by atoms with van der Waals surface area (Å²) in [6.45, 7) is 14.0. The third kappa shape index (κ3) is 17.4. The summed E-state index contributed by atoms with van der Waals surface area (Å²) in [6, 6.07) is 0. The zero-order valence-electron chi connectivity index (χ0n) is 15.6. The summed E-state index contributed by atoms with van der Waals surface area (Å²) in [4.78, 5) is 0. The molecule has 0 aromatic carbocycles. The molecule has 0 saturated carbocycles. The van der Waals surface area contributed by atoms with Gasteiger partial charge in [0, 0.05) is 0 Å². The number of rotatable bonds is 12. The van der Waals surface area contributed by atoms with Crippen LogP contribution in [0.5, 0.6) is 0 Å². The third-order valence-electron chi connectivity index (χ3n) is 4.38. The van der Waals surface area contributed by atoms with E-state index in [9.17, 15) is 0 Å². The summed E-state index contributed by atoms with van der Waals surface area (Å²) < 4.78 is 5.04. The monoisotopic (exact) mass is 405 g/mol. The maximum atomic E-state index is 2.33. The maximum Gasteiger partial charge on any atom is 0.261 e. The molecule has 0 nitrogen and oxygen atoms in total. The molecule has 20 heavy (non-hydrogen) atoms. The van der Waals surface area contributed by atoms with E-state index in [4.69, 9.17) is 0 Å². The molecule has 121 valence electrons. The van der Waals surface area contributed by atoms with E-state index in [1.807, 2.05) is 0 Å². The van der Waals surface area contributed by atoms with Crippen molar-refractivity contribution in [1.82, 2.24) is 0 Å². The number of hydrogen-bond acceptors (Lipinski definition) is 0. The fourth-order valence-corrected chi connectivity index (χ4v) is 13.7. The van der Waals surface area contributed by atoms with Gasteiger partial charge >= 0.3 is 92.4 Å². The molecule has 0 aliphatic carbocycles. The summed E-state index contributed by atoms with van der Waals surface area (Å²) in [5.41, 5.74) is 0. The van der Waals surface area contributed by atoms with Crippen LogP contribution in [0.2, 0.25) is 29.2 Å². The Hall–Kier alpha value is 1.33. The van der Waals surface area contributed by atoms with Crippen molar-refractivity contribution in [3.8, 4) is 0 Å². The molecule has 0 saturated heterocycles. The van der Waals surface area contributed by atoms with Gasteiger partial charge < -0.3 is 0 Å². The standard InChI is InChI=1S/3C4H9.3C2H5.Al.Sn/c3*1-3-4-2;3*1-2;;/h3*1,3-4H2,2H3;3*1H2,2H3;;. The minimum atomic E-state index is -0.839. The van der Waals surface area contributed by atoms with Gasteiger partial charge in [0.1, 0.15) is 0 Å². The van der Waals surface area contributed by atoms with E-state index in [1.165, 1.54) is 54.4 Å². The molecular weight excluding hydrogens is 362 g/mol. The van der Waals surface area contributed by atoms with Gasteiger partial charge in [0.15, 0.2) is 0 Å². The van der Waals surface area contributed by atoms with E-state index in [1.54, 1.807) is 13.3 Å². The summed E-state index contributed by atoms with van der Waals surface area (Å²) >= 11 is -1.01. The van der Waals surface area contributed by atoms with Gasteiger partial charge in [-0.1, -0.05) is 36.6 Å². The predicted molar refractivity (Wildman–Crippen MR) is 102 cm³/mol. The fourth-order valence-electron chi connectivity index (χ4n) is 2.52. The molecule has 2 heteroatoms. The van der Waals surface area contributed by atoms with Crippen LogP contribution < -0.4 is 0 Å². The smallest absolute Gasteiger partial charge is 0.0967 e. The van der Waals surface area contributed by atoms with Crippen LogP contribution in [0.3, 0.4) is 0 Å². The summed E-state index contributed by atoms with van der Waals surface area (Å²) in [5, 5.41) is 4.48. The van der Waals surface area contributed by atoms with Crippen molar-refractivity contribution in [2.24, 2.45) is 0 Å². The molecule has 0 rings (SSSR count). The molecule has 0 bridgehead atoms. The van der Waals surface area contributed by atoms with Crippen molar-refractivity contribution in [3.63, 3.8) is 0 Å². The van der Waals surface area contributed by atoms with Gasteiger partial charge in [-0.15, -0.1) is 0 Å². The predicted octanol–water partition coefficient (Wildman–Crippen LogP) is 7.42. The molecule has 1 radical (unpaired) electrons. The minimum absolute atomic E-state index is 0.171. The first-order valence-electron chi connectivity index (χ1n) is 9.53. The summed E-state index contributed by atoms with van der Waals surface area (Å²) in [7, 11) is 0. The number of unbranched alkanes of at least 4 members (excludes halogenated alkanes) is 3. The first-order valence-corrected chi connectivity index (χ1v) is 18.0. The van der Waals surface area contributed by atoms with Crippen molar-refractivity contribution >= 4 is 33.9 Å². The molecule has 0 heterocycles. The summed E-state index contributed by atoms with van der Waals surface area (Å²) in [6.07, 6.45) is 8.85.